The predicted octanol–water partition coefficient (Wildman–Crippen LogP) is 1.81. The second-order valence-electron chi connectivity index (χ2n) is 3.79. The fourth-order valence-corrected chi connectivity index (χ4v) is 1.23. The van der Waals surface area contributed by atoms with Gasteiger partial charge in [-0.15, -0.1) is 0 Å². The van der Waals surface area contributed by atoms with Gasteiger partial charge in [0.2, 0.25) is 0 Å². The van der Waals surface area contributed by atoms with Crippen LogP contribution in [0, 0.1) is 0 Å². The number of unbranched alkanes of at least 4 members (excludes halogenated alkanes) is 2. The molecule has 0 radical (unpaired) electrons. The zero-order valence-electron chi connectivity index (χ0n) is 9.61. The third kappa shape index (κ3) is 8.39. The molecule has 0 bridgehead atoms. The normalized spacial score (nSPS) is 14.9. The quantitative estimate of drug-likeness (QED) is 0.579. The number of rotatable bonds is 9. The van der Waals surface area contributed by atoms with Crippen LogP contribution < -0.4 is 0 Å². The Morgan fingerprint density at radius 1 is 1.33 bits per heavy atom. The number of aliphatic carboxylic acids is 1. The molecule has 2 unspecified atom stereocenters. The molecule has 90 valence electrons. The highest BCUT2D eigenvalue weighted by Crippen LogP contribution is 2.06. The van der Waals surface area contributed by atoms with E-state index in [2.05, 4.69) is 6.92 Å². The number of carbonyl (C=O) groups is 1. The summed E-state index contributed by atoms with van der Waals surface area (Å²) in [4.78, 5) is 10.4. The highest BCUT2D eigenvalue weighted by atomic mass is 16.5. The van der Waals surface area contributed by atoms with Crippen LogP contribution in [0.25, 0.3) is 0 Å². The Morgan fingerprint density at radius 3 is 2.53 bits per heavy atom. The van der Waals surface area contributed by atoms with Crippen LogP contribution in [0.2, 0.25) is 0 Å². The number of carboxylic acids is 1. The van der Waals surface area contributed by atoms with Crippen molar-refractivity contribution in [3.8, 4) is 0 Å². The van der Waals surface area contributed by atoms with Gasteiger partial charge in [0.1, 0.15) is 0 Å². The number of carboxylic acid groups (broad SMARTS) is 1. The van der Waals surface area contributed by atoms with Gasteiger partial charge in [0.05, 0.1) is 12.7 Å². The molecule has 4 heteroatoms. The first-order valence-corrected chi connectivity index (χ1v) is 5.60. The molecule has 15 heavy (non-hydrogen) atoms. The monoisotopic (exact) mass is 218 g/mol. The minimum absolute atomic E-state index is 0.306. The highest BCUT2D eigenvalue weighted by Gasteiger charge is 2.11. The van der Waals surface area contributed by atoms with Crippen molar-refractivity contribution in [2.75, 3.05) is 6.61 Å². The molecular weight excluding hydrogens is 196 g/mol. The van der Waals surface area contributed by atoms with Crippen molar-refractivity contribution in [3.05, 3.63) is 0 Å². The molecule has 0 aliphatic carbocycles. The van der Waals surface area contributed by atoms with Gasteiger partial charge >= 0.3 is 5.97 Å². The van der Waals surface area contributed by atoms with E-state index in [4.69, 9.17) is 9.84 Å². The van der Waals surface area contributed by atoms with Gasteiger partial charge in [-0.05, 0) is 19.8 Å². The summed E-state index contributed by atoms with van der Waals surface area (Å²) in [5.41, 5.74) is 0. The molecule has 0 saturated heterocycles. The summed E-state index contributed by atoms with van der Waals surface area (Å²) in [7, 11) is 0. The van der Waals surface area contributed by atoms with E-state index in [1.165, 1.54) is 6.92 Å². The lowest BCUT2D eigenvalue weighted by Crippen LogP contribution is -2.22. The number of hydrogen-bond acceptors (Lipinski definition) is 3. The van der Waals surface area contributed by atoms with E-state index >= 15 is 0 Å². The lowest BCUT2D eigenvalue weighted by atomic mass is 10.1. The fourth-order valence-electron chi connectivity index (χ4n) is 1.23. The molecule has 0 aliphatic rings. The zero-order valence-corrected chi connectivity index (χ0v) is 9.61. The van der Waals surface area contributed by atoms with Gasteiger partial charge in [-0.3, -0.25) is 0 Å². The fraction of sp³-hybridized carbons (Fsp3) is 0.909. The maximum atomic E-state index is 10.4. The summed E-state index contributed by atoms with van der Waals surface area (Å²) in [5.74, 6) is -0.963. The molecule has 0 aromatic heterocycles. The van der Waals surface area contributed by atoms with Crippen LogP contribution in [0.5, 0.6) is 0 Å². The molecule has 0 heterocycles. The minimum Gasteiger partial charge on any atom is -0.479 e. The van der Waals surface area contributed by atoms with Crippen molar-refractivity contribution in [1.29, 1.82) is 0 Å². The second-order valence-corrected chi connectivity index (χ2v) is 3.79. The Morgan fingerprint density at radius 2 is 2.00 bits per heavy atom. The van der Waals surface area contributed by atoms with Crippen LogP contribution in [0.4, 0.5) is 0 Å². The topological polar surface area (TPSA) is 66.8 Å². The van der Waals surface area contributed by atoms with Crippen LogP contribution in [-0.2, 0) is 9.53 Å². The molecule has 0 fully saturated rings. The third-order valence-corrected chi connectivity index (χ3v) is 2.31. The Labute approximate surface area is 91.3 Å². The predicted molar refractivity (Wildman–Crippen MR) is 57.8 cm³/mol. The molecule has 0 amide bonds. The molecule has 0 aliphatic heterocycles. The van der Waals surface area contributed by atoms with Gasteiger partial charge in [0.15, 0.2) is 6.10 Å². The first-order valence-electron chi connectivity index (χ1n) is 5.60. The first-order chi connectivity index (χ1) is 7.07. The lowest BCUT2D eigenvalue weighted by molar-refractivity contribution is -0.149. The van der Waals surface area contributed by atoms with E-state index in [1.54, 1.807) is 0 Å². The Hall–Kier alpha value is -0.610. The molecule has 2 atom stereocenters. The SMILES string of the molecule is CCCCCC(O)CCOC(C)C(=O)O. The van der Waals surface area contributed by atoms with Crippen LogP contribution in [-0.4, -0.2) is 35.0 Å². The van der Waals surface area contributed by atoms with E-state index in [0.29, 0.717) is 13.0 Å². The minimum atomic E-state index is -0.963. The molecule has 2 N–H and O–H groups in total. The van der Waals surface area contributed by atoms with Crippen LogP contribution in [0.15, 0.2) is 0 Å². The Bertz CT molecular complexity index is 170. The molecule has 0 rings (SSSR count). The lowest BCUT2D eigenvalue weighted by Gasteiger charge is -2.12. The van der Waals surface area contributed by atoms with Gasteiger partial charge in [-0.2, -0.15) is 0 Å². The molecule has 0 aromatic carbocycles. The molecule has 4 nitrogen and oxygen atoms in total. The third-order valence-electron chi connectivity index (χ3n) is 2.31. The standard InChI is InChI=1S/C11H22O4/c1-3-4-5-6-10(12)7-8-15-9(2)11(13)14/h9-10,12H,3-8H2,1-2H3,(H,13,14). The van der Waals surface area contributed by atoms with Crippen LogP contribution >= 0.6 is 0 Å². The summed E-state index contributed by atoms with van der Waals surface area (Å²) >= 11 is 0. The number of aliphatic hydroxyl groups is 1. The second kappa shape index (κ2) is 8.68. The summed E-state index contributed by atoms with van der Waals surface area (Å²) in [6, 6.07) is 0. The summed E-state index contributed by atoms with van der Waals surface area (Å²) in [5, 5.41) is 18.0. The van der Waals surface area contributed by atoms with E-state index in [1.807, 2.05) is 0 Å². The first kappa shape index (κ1) is 14.4. The van der Waals surface area contributed by atoms with Crippen LogP contribution in [0.3, 0.4) is 0 Å². The van der Waals surface area contributed by atoms with Crippen molar-refractivity contribution in [1.82, 2.24) is 0 Å². The molecule has 0 spiro atoms. The average molecular weight is 218 g/mol. The van der Waals surface area contributed by atoms with E-state index in [0.717, 1.165) is 25.7 Å². The molecular formula is C11H22O4. The zero-order chi connectivity index (χ0) is 11.7. The Balaban J connectivity index is 3.38. The maximum absolute atomic E-state index is 10.4. The van der Waals surface area contributed by atoms with Crippen molar-refractivity contribution >= 4 is 5.97 Å². The van der Waals surface area contributed by atoms with Gasteiger partial charge in [-0.1, -0.05) is 26.2 Å². The maximum Gasteiger partial charge on any atom is 0.332 e. The van der Waals surface area contributed by atoms with Crippen molar-refractivity contribution < 1.29 is 19.7 Å². The van der Waals surface area contributed by atoms with Gasteiger partial charge in [0.25, 0.3) is 0 Å². The number of aliphatic hydroxyl groups excluding tert-OH is 1. The number of ether oxygens (including phenoxy) is 1. The van der Waals surface area contributed by atoms with E-state index < -0.39 is 12.1 Å². The van der Waals surface area contributed by atoms with Crippen LogP contribution in [0.1, 0.15) is 46.0 Å². The summed E-state index contributed by atoms with van der Waals surface area (Å²) in [6.07, 6.45) is 3.43. The number of hydrogen-bond donors (Lipinski definition) is 2. The van der Waals surface area contributed by atoms with E-state index in [9.17, 15) is 9.90 Å². The molecule has 0 saturated carbocycles. The summed E-state index contributed by atoms with van der Waals surface area (Å²) in [6.45, 7) is 3.91. The van der Waals surface area contributed by atoms with Gasteiger partial charge in [0, 0.05) is 0 Å². The average Bonchev–Trinajstić information content (AvgIpc) is 2.18. The van der Waals surface area contributed by atoms with Crippen molar-refractivity contribution in [2.24, 2.45) is 0 Å². The van der Waals surface area contributed by atoms with Crippen molar-refractivity contribution in [3.63, 3.8) is 0 Å². The van der Waals surface area contributed by atoms with Gasteiger partial charge < -0.3 is 14.9 Å². The van der Waals surface area contributed by atoms with Crippen molar-refractivity contribution in [2.45, 2.75) is 58.2 Å². The summed E-state index contributed by atoms with van der Waals surface area (Å²) < 4.78 is 5.02. The highest BCUT2D eigenvalue weighted by molar-refractivity contribution is 5.71. The Kier molecular flexibility index (Phi) is 8.33. The largest absolute Gasteiger partial charge is 0.479 e. The molecule has 0 aromatic rings. The smallest absolute Gasteiger partial charge is 0.332 e. The van der Waals surface area contributed by atoms with E-state index in [-0.39, 0.29) is 6.10 Å². The van der Waals surface area contributed by atoms with Gasteiger partial charge in [-0.25, -0.2) is 4.79 Å².